The van der Waals surface area contributed by atoms with Gasteiger partial charge in [0, 0.05) is 6.07 Å². The fourth-order valence-corrected chi connectivity index (χ4v) is 4.36. The van der Waals surface area contributed by atoms with Crippen LogP contribution in [0.3, 0.4) is 0 Å². The van der Waals surface area contributed by atoms with Crippen molar-refractivity contribution in [2.45, 2.75) is 20.3 Å². The summed E-state index contributed by atoms with van der Waals surface area (Å²) in [5.74, 6) is 0.605. The van der Waals surface area contributed by atoms with Gasteiger partial charge < -0.3 is 24.3 Å². The number of halogens is 1. The molecular weight excluding hydrogens is 458 g/mol. The molecule has 32 heavy (non-hydrogen) atoms. The summed E-state index contributed by atoms with van der Waals surface area (Å²) in [6, 6.07) is 3.28. The number of esters is 2. The highest BCUT2D eigenvalue weighted by Gasteiger charge is 2.23. The molecule has 0 spiro atoms. The van der Waals surface area contributed by atoms with E-state index in [4.69, 9.17) is 30.5 Å². The highest BCUT2D eigenvalue weighted by atomic mass is 35.5. The highest BCUT2D eigenvalue weighted by molar-refractivity contribution is 7.20. The van der Waals surface area contributed by atoms with Crippen molar-refractivity contribution in [1.82, 2.24) is 9.97 Å². The average Bonchev–Trinajstić information content (AvgIpc) is 3.10. The number of rotatable bonds is 8. The van der Waals surface area contributed by atoms with Crippen LogP contribution in [0.5, 0.6) is 11.5 Å². The summed E-state index contributed by atoms with van der Waals surface area (Å²) in [7, 11) is 4.31. The van der Waals surface area contributed by atoms with Gasteiger partial charge in [-0.05, 0) is 25.5 Å². The lowest BCUT2D eigenvalue weighted by molar-refractivity contribution is -0.139. The number of nitrogens with zero attached hydrogens (tertiary/aromatic N) is 2. The molecule has 0 aliphatic rings. The molecule has 3 aromatic rings. The predicted octanol–water partition coefficient (Wildman–Crippen LogP) is 4.31. The zero-order valence-electron chi connectivity index (χ0n) is 18.2. The van der Waals surface area contributed by atoms with E-state index in [1.54, 1.807) is 26.0 Å². The molecule has 9 nitrogen and oxygen atoms in total. The normalized spacial score (nSPS) is 10.7. The molecule has 170 valence electrons. The highest BCUT2D eigenvalue weighted by Crippen LogP contribution is 2.40. The molecule has 0 aliphatic heterocycles. The lowest BCUT2D eigenvalue weighted by atomic mass is 10.2. The minimum atomic E-state index is -0.487. The van der Waals surface area contributed by atoms with Gasteiger partial charge in [-0.15, -0.1) is 11.3 Å². The van der Waals surface area contributed by atoms with Crippen molar-refractivity contribution >= 4 is 56.6 Å². The van der Waals surface area contributed by atoms with Gasteiger partial charge in [-0.2, -0.15) is 0 Å². The van der Waals surface area contributed by atoms with Gasteiger partial charge in [-0.3, -0.25) is 4.79 Å². The first-order valence-electron chi connectivity index (χ1n) is 9.55. The maximum atomic E-state index is 12.4. The SMILES string of the molecule is CCOC(=O)c1sc2nc(CC(=O)OC)nc(Nc3cc(Cl)c(OC)cc3OC)c2c1C. The molecule has 0 bridgehead atoms. The van der Waals surface area contributed by atoms with Gasteiger partial charge in [-0.1, -0.05) is 11.6 Å². The first kappa shape index (κ1) is 23.6. The first-order chi connectivity index (χ1) is 15.3. The molecule has 0 saturated carbocycles. The van der Waals surface area contributed by atoms with Gasteiger partial charge in [0.2, 0.25) is 0 Å². The first-order valence-corrected chi connectivity index (χ1v) is 10.7. The largest absolute Gasteiger partial charge is 0.495 e. The third-order valence-electron chi connectivity index (χ3n) is 4.55. The number of hydrogen-bond donors (Lipinski definition) is 1. The predicted molar refractivity (Wildman–Crippen MR) is 122 cm³/mol. The molecule has 0 aliphatic carbocycles. The number of fused-ring (bicyclic) bond motifs is 1. The number of benzene rings is 1. The second-order valence-corrected chi connectivity index (χ2v) is 7.92. The Morgan fingerprint density at radius 3 is 2.47 bits per heavy atom. The fraction of sp³-hybridized carbons (Fsp3) is 0.333. The summed E-state index contributed by atoms with van der Waals surface area (Å²) in [5.41, 5.74) is 1.18. The van der Waals surface area contributed by atoms with Gasteiger partial charge in [0.05, 0.1) is 44.0 Å². The molecule has 0 radical (unpaired) electrons. The van der Waals surface area contributed by atoms with Crippen LogP contribution in [0.25, 0.3) is 10.2 Å². The minimum absolute atomic E-state index is 0.132. The number of methoxy groups -OCH3 is 3. The Hall–Kier alpha value is -3.11. The van der Waals surface area contributed by atoms with E-state index in [0.29, 0.717) is 48.7 Å². The van der Waals surface area contributed by atoms with E-state index < -0.39 is 11.9 Å². The van der Waals surface area contributed by atoms with Crippen LogP contribution in [-0.4, -0.2) is 49.8 Å². The van der Waals surface area contributed by atoms with Crippen molar-refractivity contribution < 1.29 is 28.5 Å². The zero-order valence-corrected chi connectivity index (χ0v) is 19.8. The van der Waals surface area contributed by atoms with Crippen LogP contribution >= 0.6 is 22.9 Å². The van der Waals surface area contributed by atoms with E-state index in [2.05, 4.69) is 15.3 Å². The van der Waals surface area contributed by atoms with Crippen LogP contribution in [0.2, 0.25) is 5.02 Å². The number of anilines is 2. The van der Waals surface area contributed by atoms with E-state index in [1.165, 1.54) is 32.7 Å². The number of carbonyl (C=O) groups is 2. The third-order valence-corrected chi connectivity index (χ3v) is 6.02. The van der Waals surface area contributed by atoms with E-state index in [9.17, 15) is 9.59 Å². The molecule has 3 rings (SSSR count). The second kappa shape index (κ2) is 10.0. The van der Waals surface area contributed by atoms with Gasteiger partial charge in [0.15, 0.2) is 0 Å². The minimum Gasteiger partial charge on any atom is -0.495 e. The number of ether oxygens (including phenoxy) is 4. The van der Waals surface area contributed by atoms with E-state index in [-0.39, 0.29) is 18.9 Å². The molecule has 1 aromatic carbocycles. The topological polar surface area (TPSA) is 109 Å². The van der Waals surface area contributed by atoms with Crippen LogP contribution in [0.15, 0.2) is 12.1 Å². The number of aryl methyl sites for hydroxylation is 1. The maximum absolute atomic E-state index is 12.4. The van der Waals surface area contributed by atoms with Crippen molar-refractivity contribution in [2.75, 3.05) is 33.3 Å². The number of hydrogen-bond acceptors (Lipinski definition) is 10. The quantitative estimate of drug-likeness (QED) is 0.472. The van der Waals surface area contributed by atoms with Crippen LogP contribution in [0.1, 0.15) is 28.0 Å². The van der Waals surface area contributed by atoms with Crippen LogP contribution in [0.4, 0.5) is 11.5 Å². The van der Waals surface area contributed by atoms with Gasteiger partial charge in [-0.25, -0.2) is 14.8 Å². The number of thiophene rings is 1. The zero-order chi connectivity index (χ0) is 23.4. The van der Waals surface area contributed by atoms with Crippen molar-refractivity contribution in [3.63, 3.8) is 0 Å². The summed E-state index contributed by atoms with van der Waals surface area (Å²) in [5, 5.41) is 4.19. The molecule has 0 amide bonds. The molecule has 0 unspecified atom stereocenters. The Kier molecular flexibility index (Phi) is 7.37. The molecule has 2 heterocycles. The number of carbonyl (C=O) groups excluding carboxylic acids is 2. The van der Waals surface area contributed by atoms with Crippen LogP contribution in [-0.2, 0) is 20.7 Å². The molecule has 0 fully saturated rings. The Bertz CT molecular complexity index is 1180. The van der Waals surface area contributed by atoms with Gasteiger partial charge in [0.25, 0.3) is 0 Å². The molecule has 11 heteroatoms. The lowest BCUT2D eigenvalue weighted by Gasteiger charge is -2.15. The summed E-state index contributed by atoms with van der Waals surface area (Å²) in [4.78, 5) is 34.2. The smallest absolute Gasteiger partial charge is 0.348 e. The van der Waals surface area contributed by atoms with Crippen LogP contribution < -0.4 is 14.8 Å². The fourth-order valence-electron chi connectivity index (χ4n) is 3.03. The van der Waals surface area contributed by atoms with E-state index in [1.807, 2.05) is 0 Å². The average molecular weight is 480 g/mol. The molecular formula is C21H22ClN3O6S. The van der Waals surface area contributed by atoms with E-state index in [0.717, 1.165) is 0 Å². The molecule has 2 aromatic heterocycles. The van der Waals surface area contributed by atoms with Crippen molar-refractivity contribution in [2.24, 2.45) is 0 Å². The van der Waals surface area contributed by atoms with Crippen molar-refractivity contribution in [1.29, 1.82) is 0 Å². The standard InChI is InChI=1S/C21H22ClN3O6S/c1-6-31-21(27)18-10(2)17-19(24-15(9-16(26)30-5)25-20(17)32-18)23-12-7-11(22)13(28-3)8-14(12)29-4/h7-8H,6,9H2,1-5H3,(H,23,24,25). The molecule has 0 atom stereocenters. The van der Waals surface area contributed by atoms with Crippen molar-refractivity contribution in [3.8, 4) is 11.5 Å². The summed E-state index contributed by atoms with van der Waals surface area (Å²) in [6.45, 7) is 3.78. The molecule has 1 N–H and O–H groups in total. The number of aromatic nitrogens is 2. The Morgan fingerprint density at radius 2 is 1.84 bits per heavy atom. The summed E-state index contributed by atoms with van der Waals surface area (Å²) < 4.78 is 20.6. The Labute approximate surface area is 193 Å². The second-order valence-electron chi connectivity index (χ2n) is 6.51. The Morgan fingerprint density at radius 1 is 1.12 bits per heavy atom. The third kappa shape index (κ3) is 4.71. The Balaban J connectivity index is 2.18. The lowest BCUT2D eigenvalue weighted by Crippen LogP contribution is -2.09. The van der Waals surface area contributed by atoms with E-state index >= 15 is 0 Å². The van der Waals surface area contributed by atoms with Gasteiger partial charge >= 0.3 is 11.9 Å². The monoisotopic (exact) mass is 479 g/mol. The number of nitrogens with one attached hydrogen (secondary N) is 1. The van der Waals surface area contributed by atoms with Crippen molar-refractivity contribution in [3.05, 3.63) is 33.4 Å². The maximum Gasteiger partial charge on any atom is 0.348 e. The van der Waals surface area contributed by atoms with Gasteiger partial charge in [0.1, 0.15) is 39.3 Å². The summed E-state index contributed by atoms with van der Waals surface area (Å²) >= 11 is 7.47. The molecule has 0 saturated heterocycles. The summed E-state index contributed by atoms with van der Waals surface area (Å²) in [6.07, 6.45) is -0.132. The van der Waals surface area contributed by atoms with Crippen LogP contribution in [0, 0.1) is 6.92 Å².